The third kappa shape index (κ3) is 4.06. The average Bonchev–Trinajstić information content (AvgIpc) is 2.86. The molecule has 1 atom stereocenters. The number of hydrogen-bond acceptors (Lipinski definition) is 3. The first kappa shape index (κ1) is 14.5. The average molecular weight is 338 g/mol. The minimum atomic E-state index is -0.271. The minimum Gasteiger partial charge on any atom is -0.335 e. The van der Waals surface area contributed by atoms with Crippen molar-refractivity contribution in [2.45, 2.75) is 26.4 Å². The van der Waals surface area contributed by atoms with Gasteiger partial charge in [0.2, 0.25) is 0 Å². The molecule has 2 heterocycles. The summed E-state index contributed by atoms with van der Waals surface area (Å²) >= 11 is 3.37. The van der Waals surface area contributed by atoms with Gasteiger partial charge >= 0.3 is 6.03 Å². The van der Waals surface area contributed by atoms with Crippen molar-refractivity contribution in [3.8, 4) is 0 Å². The van der Waals surface area contributed by atoms with Gasteiger partial charge in [-0.05, 0) is 41.9 Å². The van der Waals surface area contributed by atoms with Crippen molar-refractivity contribution in [1.82, 2.24) is 19.9 Å². The summed E-state index contributed by atoms with van der Waals surface area (Å²) in [4.78, 5) is 20.1. The van der Waals surface area contributed by atoms with Crippen LogP contribution in [0.2, 0.25) is 0 Å². The van der Waals surface area contributed by atoms with Crippen LogP contribution in [0.4, 0.5) is 10.6 Å². The van der Waals surface area contributed by atoms with E-state index in [-0.39, 0.29) is 12.1 Å². The van der Waals surface area contributed by atoms with Gasteiger partial charge in [0.25, 0.3) is 0 Å². The Morgan fingerprint density at radius 1 is 1.50 bits per heavy atom. The van der Waals surface area contributed by atoms with E-state index in [1.54, 1.807) is 18.6 Å². The molecule has 0 bridgehead atoms. The predicted molar refractivity (Wildman–Crippen MR) is 80.5 cm³/mol. The van der Waals surface area contributed by atoms with Crippen molar-refractivity contribution in [2.75, 3.05) is 5.32 Å². The number of imidazole rings is 1. The summed E-state index contributed by atoms with van der Waals surface area (Å²) in [5, 5.41) is 5.56. The summed E-state index contributed by atoms with van der Waals surface area (Å²) < 4.78 is 2.82. The smallest absolute Gasteiger partial charge is 0.320 e. The first-order chi connectivity index (χ1) is 9.54. The van der Waals surface area contributed by atoms with Crippen LogP contribution in [-0.4, -0.2) is 26.6 Å². The molecule has 0 aliphatic carbocycles. The predicted octanol–water partition coefficient (Wildman–Crippen LogP) is 2.56. The van der Waals surface area contributed by atoms with Crippen molar-refractivity contribution >= 4 is 27.8 Å². The first-order valence-electron chi connectivity index (χ1n) is 6.21. The van der Waals surface area contributed by atoms with Crippen LogP contribution in [-0.2, 0) is 6.54 Å². The number of halogens is 1. The molecule has 0 aromatic carbocycles. The van der Waals surface area contributed by atoms with Crippen LogP contribution >= 0.6 is 15.9 Å². The Kier molecular flexibility index (Phi) is 4.73. The van der Waals surface area contributed by atoms with Crippen molar-refractivity contribution in [3.63, 3.8) is 0 Å². The maximum atomic E-state index is 11.8. The number of carbonyl (C=O) groups excluding carboxylic acids is 1. The molecule has 0 saturated carbocycles. The number of anilines is 1. The number of aryl methyl sites for hydroxylation is 1. The number of hydrogen-bond donors (Lipinski definition) is 2. The van der Waals surface area contributed by atoms with Crippen LogP contribution in [0.1, 0.15) is 12.6 Å². The van der Waals surface area contributed by atoms with Crippen LogP contribution < -0.4 is 10.6 Å². The third-order valence-corrected chi connectivity index (χ3v) is 3.52. The van der Waals surface area contributed by atoms with E-state index in [9.17, 15) is 4.79 Å². The standard InChI is InChI=1S/C13H16BrN5O/c1-9(7-19-6-5-15-8-19)16-13(20)18-12-4-3-11(14)10(2)17-12/h3-6,8-9H,7H2,1-2H3,(H2,16,17,18,20)/t9-/m0/s1. The zero-order valence-corrected chi connectivity index (χ0v) is 12.9. The number of aromatic nitrogens is 3. The molecular formula is C13H16BrN5O. The Hall–Kier alpha value is -1.89. The Bertz CT molecular complexity index is 584. The van der Waals surface area contributed by atoms with Crippen molar-refractivity contribution in [1.29, 1.82) is 0 Å². The molecule has 2 amide bonds. The highest BCUT2D eigenvalue weighted by Crippen LogP contribution is 2.15. The molecule has 106 valence electrons. The molecule has 7 heteroatoms. The Morgan fingerprint density at radius 3 is 2.95 bits per heavy atom. The fourth-order valence-corrected chi connectivity index (χ4v) is 1.97. The van der Waals surface area contributed by atoms with E-state index in [4.69, 9.17) is 0 Å². The van der Waals surface area contributed by atoms with E-state index in [2.05, 4.69) is 36.5 Å². The van der Waals surface area contributed by atoms with E-state index >= 15 is 0 Å². The molecule has 2 rings (SSSR count). The lowest BCUT2D eigenvalue weighted by molar-refractivity contribution is 0.248. The summed E-state index contributed by atoms with van der Waals surface area (Å²) in [5.41, 5.74) is 0.828. The number of pyridine rings is 1. The molecule has 6 nitrogen and oxygen atoms in total. The molecule has 0 aliphatic rings. The summed E-state index contributed by atoms with van der Waals surface area (Å²) in [5.74, 6) is 0.526. The molecule has 0 aliphatic heterocycles. The lowest BCUT2D eigenvalue weighted by atomic mass is 10.3. The molecule has 0 saturated heterocycles. The van der Waals surface area contributed by atoms with Gasteiger partial charge in [-0.3, -0.25) is 5.32 Å². The van der Waals surface area contributed by atoms with Gasteiger partial charge in [-0.2, -0.15) is 0 Å². The first-order valence-corrected chi connectivity index (χ1v) is 7.00. The van der Waals surface area contributed by atoms with Crippen molar-refractivity contribution < 1.29 is 4.79 Å². The summed E-state index contributed by atoms with van der Waals surface area (Å²) in [7, 11) is 0. The van der Waals surface area contributed by atoms with E-state index in [0.717, 1.165) is 10.2 Å². The van der Waals surface area contributed by atoms with E-state index in [1.165, 1.54) is 0 Å². The van der Waals surface area contributed by atoms with Gasteiger partial charge in [-0.25, -0.2) is 14.8 Å². The molecule has 2 N–H and O–H groups in total. The number of urea groups is 1. The third-order valence-electron chi connectivity index (χ3n) is 2.68. The van der Waals surface area contributed by atoms with Gasteiger partial charge in [0.1, 0.15) is 5.82 Å². The molecule has 0 radical (unpaired) electrons. The fraction of sp³-hybridized carbons (Fsp3) is 0.308. The number of rotatable bonds is 4. The SMILES string of the molecule is Cc1nc(NC(=O)N[C@@H](C)Cn2ccnc2)ccc1Br. The van der Waals surface area contributed by atoms with E-state index in [0.29, 0.717) is 12.4 Å². The summed E-state index contributed by atoms with van der Waals surface area (Å²) in [6.45, 7) is 4.47. The highest BCUT2D eigenvalue weighted by molar-refractivity contribution is 9.10. The highest BCUT2D eigenvalue weighted by atomic mass is 79.9. The number of amides is 2. The van der Waals surface area contributed by atoms with Gasteiger partial charge < -0.3 is 9.88 Å². The monoisotopic (exact) mass is 337 g/mol. The molecule has 2 aromatic rings. The molecular weight excluding hydrogens is 322 g/mol. The molecule has 0 unspecified atom stereocenters. The number of carbonyl (C=O) groups is 1. The zero-order chi connectivity index (χ0) is 14.5. The van der Waals surface area contributed by atoms with Crippen LogP contribution in [0.5, 0.6) is 0 Å². The lowest BCUT2D eigenvalue weighted by Crippen LogP contribution is -2.38. The van der Waals surface area contributed by atoms with Crippen LogP contribution in [0.25, 0.3) is 0 Å². The lowest BCUT2D eigenvalue weighted by Gasteiger charge is -2.15. The quantitative estimate of drug-likeness (QED) is 0.900. The van der Waals surface area contributed by atoms with E-state index < -0.39 is 0 Å². The minimum absolute atomic E-state index is 0.0132. The molecule has 20 heavy (non-hydrogen) atoms. The maximum absolute atomic E-state index is 11.8. The Balaban J connectivity index is 1.87. The second-order valence-electron chi connectivity index (χ2n) is 4.52. The van der Waals surface area contributed by atoms with Gasteiger partial charge in [0.15, 0.2) is 0 Å². The van der Waals surface area contributed by atoms with Crippen LogP contribution in [0.15, 0.2) is 35.3 Å². The van der Waals surface area contributed by atoms with Gasteiger partial charge in [0, 0.05) is 29.5 Å². The highest BCUT2D eigenvalue weighted by Gasteiger charge is 2.09. The van der Waals surface area contributed by atoms with Crippen molar-refractivity contribution in [3.05, 3.63) is 41.0 Å². The van der Waals surface area contributed by atoms with Gasteiger partial charge in [-0.15, -0.1) is 0 Å². The largest absolute Gasteiger partial charge is 0.335 e. The topological polar surface area (TPSA) is 71.8 Å². The summed E-state index contributed by atoms with van der Waals surface area (Å²) in [6.07, 6.45) is 5.28. The Morgan fingerprint density at radius 2 is 2.30 bits per heavy atom. The number of nitrogens with zero attached hydrogens (tertiary/aromatic N) is 3. The molecule has 0 spiro atoms. The van der Waals surface area contributed by atoms with Crippen LogP contribution in [0, 0.1) is 6.92 Å². The second-order valence-corrected chi connectivity index (χ2v) is 5.38. The fourth-order valence-electron chi connectivity index (χ4n) is 1.75. The number of nitrogens with one attached hydrogen (secondary N) is 2. The second kappa shape index (κ2) is 6.51. The summed E-state index contributed by atoms with van der Waals surface area (Å²) in [6, 6.07) is 3.32. The van der Waals surface area contributed by atoms with Gasteiger partial charge in [0.05, 0.1) is 12.0 Å². The normalized spacial score (nSPS) is 11.9. The van der Waals surface area contributed by atoms with Crippen molar-refractivity contribution in [2.24, 2.45) is 0 Å². The van der Waals surface area contributed by atoms with Gasteiger partial charge in [-0.1, -0.05) is 0 Å². The zero-order valence-electron chi connectivity index (χ0n) is 11.3. The van der Waals surface area contributed by atoms with E-state index in [1.807, 2.05) is 30.7 Å². The Labute approximate surface area is 125 Å². The molecule has 0 fully saturated rings. The maximum Gasteiger partial charge on any atom is 0.320 e. The van der Waals surface area contributed by atoms with Crippen LogP contribution in [0.3, 0.4) is 0 Å². The molecule has 2 aromatic heterocycles.